The van der Waals surface area contributed by atoms with E-state index in [0.717, 1.165) is 9.65 Å². The molecule has 0 atom stereocenters. The second-order valence-corrected chi connectivity index (χ2v) is 6.85. The molecule has 1 amide bonds. The first-order valence-electron chi connectivity index (χ1n) is 7.02. The van der Waals surface area contributed by atoms with E-state index < -0.39 is 15.9 Å². The first-order valence-corrected chi connectivity index (χ1v) is 8.46. The van der Waals surface area contributed by atoms with Crippen LogP contribution in [0.2, 0.25) is 0 Å². The molecule has 0 saturated carbocycles. The summed E-state index contributed by atoms with van der Waals surface area (Å²) in [5.74, 6) is -0.0284. The second kappa shape index (κ2) is 6.28. The Morgan fingerprint density at radius 3 is 2.62 bits per heavy atom. The van der Waals surface area contributed by atoms with Gasteiger partial charge in [0.15, 0.2) is 11.5 Å². The Morgan fingerprint density at radius 2 is 1.96 bits per heavy atom. The van der Waals surface area contributed by atoms with Gasteiger partial charge in [-0.05, 0) is 25.1 Å². The average Bonchev–Trinajstić information content (AvgIpc) is 3.25. The van der Waals surface area contributed by atoms with E-state index in [2.05, 4.69) is 15.6 Å². The van der Waals surface area contributed by atoms with Gasteiger partial charge >= 0.3 is 0 Å². The Morgan fingerprint density at radius 1 is 1.21 bits per heavy atom. The number of nitrogens with zero attached hydrogens (tertiary/aromatic N) is 3. The number of amides is 1. The molecule has 0 aliphatic heterocycles. The van der Waals surface area contributed by atoms with Crippen molar-refractivity contribution in [3.8, 4) is 0 Å². The molecule has 0 saturated heterocycles. The number of rotatable bonds is 5. The molecule has 0 aliphatic rings. The van der Waals surface area contributed by atoms with Crippen LogP contribution in [0.3, 0.4) is 0 Å². The molecule has 8 nitrogen and oxygen atoms in total. The van der Waals surface area contributed by atoms with E-state index in [1.165, 1.54) is 30.6 Å². The smallest absolute Gasteiger partial charge is 0.282 e. The standard InChI is InChI=1S/C15H14N4O4S/c1-11-2-4-13(5-3-11)24(21,22)19-9-7-14(18-19)15(20)16-10-12-6-8-17-23-12/h2-9H,10H2,1H3,(H,16,20). The van der Waals surface area contributed by atoms with E-state index in [9.17, 15) is 13.2 Å². The minimum absolute atomic E-state index is 0.00907. The van der Waals surface area contributed by atoms with E-state index >= 15 is 0 Å². The monoisotopic (exact) mass is 346 g/mol. The Balaban J connectivity index is 1.77. The summed E-state index contributed by atoms with van der Waals surface area (Å²) >= 11 is 0. The van der Waals surface area contributed by atoms with Crippen molar-refractivity contribution < 1.29 is 17.7 Å². The van der Waals surface area contributed by atoms with E-state index in [1.807, 2.05) is 6.92 Å². The molecule has 0 spiro atoms. The Bertz CT molecular complexity index is 944. The summed E-state index contributed by atoms with van der Waals surface area (Å²) < 4.78 is 30.6. The molecule has 0 aliphatic carbocycles. The van der Waals surface area contributed by atoms with Crippen molar-refractivity contribution in [3.63, 3.8) is 0 Å². The summed E-state index contributed by atoms with van der Waals surface area (Å²) in [5, 5.41) is 9.94. The van der Waals surface area contributed by atoms with Crippen LogP contribution in [0.15, 0.2) is 58.2 Å². The van der Waals surface area contributed by atoms with Crippen LogP contribution in [0, 0.1) is 6.92 Å². The summed E-state index contributed by atoms with van der Waals surface area (Å²) in [7, 11) is -3.83. The lowest BCUT2D eigenvalue weighted by molar-refractivity contribution is 0.0942. The Labute approximate surface area is 138 Å². The number of benzene rings is 1. The largest absolute Gasteiger partial charge is 0.360 e. The second-order valence-electron chi connectivity index (χ2n) is 5.05. The van der Waals surface area contributed by atoms with E-state index in [1.54, 1.807) is 18.2 Å². The van der Waals surface area contributed by atoms with Crippen LogP contribution in [0.25, 0.3) is 0 Å². The highest BCUT2D eigenvalue weighted by molar-refractivity contribution is 7.89. The number of carbonyl (C=O) groups is 1. The first kappa shape index (κ1) is 15.9. The van der Waals surface area contributed by atoms with E-state index in [-0.39, 0.29) is 17.1 Å². The van der Waals surface area contributed by atoms with E-state index in [0.29, 0.717) is 5.76 Å². The zero-order chi connectivity index (χ0) is 17.2. The third kappa shape index (κ3) is 3.20. The van der Waals surface area contributed by atoms with Crippen LogP contribution < -0.4 is 5.32 Å². The van der Waals surface area contributed by atoms with Gasteiger partial charge in [-0.2, -0.15) is 17.6 Å². The predicted octanol–water partition coefficient (Wildman–Crippen LogP) is 1.35. The molecular formula is C15H14N4O4S. The van der Waals surface area contributed by atoms with Crippen molar-refractivity contribution in [1.29, 1.82) is 0 Å². The van der Waals surface area contributed by atoms with Gasteiger partial charge in [-0.15, -0.1) is 0 Å². The lowest BCUT2D eigenvalue weighted by atomic mass is 10.2. The number of carbonyl (C=O) groups excluding carboxylic acids is 1. The highest BCUT2D eigenvalue weighted by atomic mass is 32.2. The third-order valence-electron chi connectivity index (χ3n) is 3.28. The van der Waals surface area contributed by atoms with Gasteiger partial charge in [-0.3, -0.25) is 4.79 Å². The van der Waals surface area contributed by atoms with Crippen molar-refractivity contribution in [2.75, 3.05) is 0 Å². The molecule has 0 fully saturated rings. The quantitative estimate of drug-likeness (QED) is 0.747. The highest BCUT2D eigenvalue weighted by Gasteiger charge is 2.20. The maximum absolute atomic E-state index is 12.5. The van der Waals surface area contributed by atoms with Crippen molar-refractivity contribution in [1.82, 2.24) is 19.7 Å². The summed E-state index contributed by atoms with van der Waals surface area (Å²) in [4.78, 5) is 12.1. The molecular weight excluding hydrogens is 332 g/mol. The number of aromatic nitrogens is 3. The molecule has 2 aromatic heterocycles. The molecule has 1 aromatic carbocycles. The first-order chi connectivity index (χ1) is 11.5. The maximum atomic E-state index is 12.5. The molecule has 0 radical (unpaired) electrons. The summed E-state index contributed by atoms with van der Waals surface area (Å²) in [6, 6.07) is 9.33. The van der Waals surface area contributed by atoms with Crippen molar-refractivity contribution >= 4 is 15.9 Å². The van der Waals surface area contributed by atoms with Gasteiger partial charge in [0.05, 0.1) is 17.6 Å². The zero-order valence-corrected chi connectivity index (χ0v) is 13.5. The van der Waals surface area contributed by atoms with Gasteiger partial charge in [-0.1, -0.05) is 22.9 Å². The van der Waals surface area contributed by atoms with Crippen LogP contribution in [-0.4, -0.2) is 28.7 Å². The number of hydrogen-bond donors (Lipinski definition) is 1. The van der Waals surface area contributed by atoms with Gasteiger partial charge in [0.2, 0.25) is 0 Å². The lowest BCUT2D eigenvalue weighted by Gasteiger charge is -2.04. The predicted molar refractivity (Wildman–Crippen MR) is 83.7 cm³/mol. The lowest BCUT2D eigenvalue weighted by Crippen LogP contribution is -2.24. The molecule has 3 aromatic rings. The normalized spacial score (nSPS) is 11.4. The Kier molecular flexibility index (Phi) is 4.17. The minimum Gasteiger partial charge on any atom is -0.360 e. The van der Waals surface area contributed by atoms with Gasteiger partial charge in [0, 0.05) is 12.3 Å². The average molecular weight is 346 g/mol. The fourth-order valence-electron chi connectivity index (χ4n) is 1.97. The van der Waals surface area contributed by atoms with Gasteiger partial charge < -0.3 is 9.84 Å². The van der Waals surface area contributed by atoms with Crippen molar-refractivity contribution in [2.24, 2.45) is 0 Å². The molecule has 124 valence electrons. The fraction of sp³-hybridized carbons (Fsp3) is 0.133. The number of hydrogen-bond acceptors (Lipinski definition) is 6. The van der Waals surface area contributed by atoms with Crippen LogP contribution >= 0.6 is 0 Å². The SMILES string of the molecule is Cc1ccc(S(=O)(=O)n2ccc(C(=O)NCc3ccno3)n2)cc1. The molecule has 3 rings (SSSR count). The number of nitrogens with one attached hydrogen (secondary N) is 1. The summed E-state index contributed by atoms with van der Waals surface area (Å²) in [6.07, 6.45) is 2.70. The highest BCUT2D eigenvalue weighted by Crippen LogP contribution is 2.14. The summed E-state index contributed by atoms with van der Waals surface area (Å²) in [5.41, 5.74) is 0.937. The van der Waals surface area contributed by atoms with Crippen molar-refractivity contribution in [2.45, 2.75) is 18.4 Å². The molecule has 0 unspecified atom stereocenters. The van der Waals surface area contributed by atoms with E-state index in [4.69, 9.17) is 4.52 Å². The Hall–Kier alpha value is -2.94. The third-order valence-corrected chi connectivity index (χ3v) is 4.84. The molecule has 2 heterocycles. The topological polar surface area (TPSA) is 107 Å². The van der Waals surface area contributed by atoms with Crippen molar-refractivity contribution in [3.05, 3.63) is 65.8 Å². The maximum Gasteiger partial charge on any atom is 0.282 e. The van der Waals surface area contributed by atoms with Crippen LogP contribution in [0.1, 0.15) is 21.8 Å². The minimum atomic E-state index is -3.83. The zero-order valence-electron chi connectivity index (χ0n) is 12.7. The molecule has 9 heteroatoms. The molecule has 1 N–H and O–H groups in total. The molecule has 24 heavy (non-hydrogen) atoms. The van der Waals surface area contributed by atoms with Gasteiger partial charge in [-0.25, -0.2) is 0 Å². The fourth-order valence-corrected chi connectivity index (χ4v) is 3.08. The summed E-state index contributed by atoms with van der Waals surface area (Å²) in [6.45, 7) is 2.00. The van der Waals surface area contributed by atoms with Gasteiger partial charge in [0.25, 0.3) is 15.9 Å². The number of aryl methyl sites for hydroxylation is 1. The van der Waals surface area contributed by atoms with Gasteiger partial charge in [0.1, 0.15) is 0 Å². The van der Waals surface area contributed by atoms with Crippen LogP contribution in [0.4, 0.5) is 0 Å². The molecule has 0 bridgehead atoms. The van der Waals surface area contributed by atoms with Crippen LogP contribution in [-0.2, 0) is 16.6 Å². The van der Waals surface area contributed by atoms with Crippen LogP contribution in [0.5, 0.6) is 0 Å².